The molecule has 0 saturated carbocycles. The van der Waals surface area contributed by atoms with Gasteiger partial charge >= 0.3 is 0 Å². The molecule has 4 rings (SSSR count). The first-order chi connectivity index (χ1) is 13.4. The van der Waals surface area contributed by atoms with Gasteiger partial charge in [0.15, 0.2) is 11.5 Å². The molecule has 1 fully saturated rings. The highest BCUT2D eigenvalue weighted by molar-refractivity contribution is 7.92. The number of likely N-dealkylation sites (N-methyl/N-ethyl adjacent to an activating group) is 1. The third-order valence-corrected chi connectivity index (χ3v) is 6.51. The maximum Gasteiger partial charge on any atom is 0.262 e. The second-order valence-electron chi connectivity index (χ2n) is 7.20. The number of nitrogens with zero attached hydrogens (tertiary/aromatic N) is 2. The zero-order chi connectivity index (χ0) is 19.7. The predicted octanol–water partition coefficient (Wildman–Crippen LogP) is 2.32. The summed E-state index contributed by atoms with van der Waals surface area (Å²) in [5.41, 5.74) is 2.58. The van der Waals surface area contributed by atoms with Crippen LogP contribution in [0.3, 0.4) is 0 Å². The van der Waals surface area contributed by atoms with Crippen molar-refractivity contribution in [2.75, 3.05) is 56.1 Å². The van der Waals surface area contributed by atoms with Crippen LogP contribution < -0.4 is 19.1 Å². The molecule has 150 valence electrons. The molecule has 8 heteroatoms. The van der Waals surface area contributed by atoms with E-state index in [9.17, 15) is 8.42 Å². The molecular weight excluding hydrogens is 378 g/mol. The lowest BCUT2D eigenvalue weighted by Crippen LogP contribution is -2.44. The summed E-state index contributed by atoms with van der Waals surface area (Å²) in [5, 5.41) is 0. The number of fused-ring (bicyclic) bond motifs is 1. The first kappa shape index (κ1) is 18.9. The molecule has 0 aliphatic carbocycles. The fourth-order valence-corrected chi connectivity index (χ4v) is 4.56. The monoisotopic (exact) mass is 403 g/mol. The van der Waals surface area contributed by atoms with Gasteiger partial charge in [-0.25, -0.2) is 8.42 Å². The Kier molecular flexibility index (Phi) is 5.07. The van der Waals surface area contributed by atoms with Crippen LogP contribution in [0.5, 0.6) is 11.5 Å². The molecule has 0 unspecified atom stereocenters. The number of aryl methyl sites for hydroxylation is 1. The van der Waals surface area contributed by atoms with Gasteiger partial charge in [0, 0.05) is 37.9 Å². The van der Waals surface area contributed by atoms with Gasteiger partial charge in [-0.1, -0.05) is 0 Å². The number of piperazine rings is 1. The molecule has 0 aromatic heterocycles. The van der Waals surface area contributed by atoms with Crippen LogP contribution in [0.1, 0.15) is 5.56 Å². The van der Waals surface area contributed by atoms with Crippen LogP contribution in [0, 0.1) is 6.92 Å². The van der Waals surface area contributed by atoms with Gasteiger partial charge < -0.3 is 19.3 Å². The quantitative estimate of drug-likeness (QED) is 0.845. The molecule has 2 aromatic rings. The van der Waals surface area contributed by atoms with Gasteiger partial charge in [-0.2, -0.15) is 0 Å². The first-order valence-electron chi connectivity index (χ1n) is 9.39. The number of nitrogens with one attached hydrogen (secondary N) is 1. The predicted molar refractivity (Wildman–Crippen MR) is 109 cm³/mol. The Labute approximate surface area is 165 Å². The largest absolute Gasteiger partial charge is 0.486 e. The van der Waals surface area contributed by atoms with Crippen molar-refractivity contribution in [1.29, 1.82) is 0 Å². The lowest BCUT2D eigenvalue weighted by molar-refractivity contribution is 0.171. The second kappa shape index (κ2) is 7.52. The number of hydrogen-bond donors (Lipinski definition) is 1. The zero-order valence-electron chi connectivity index (χ0n) is 16.1. The van der Waals surface area contributed by atoms with Gasteiger partial charge in [-0.05, 0) is 49.9 Å². The Hall–Kier alpha value is -2.45. The number of benzene rings is 2. The molecule has 0 bridgehead atoms. The molecular formula is C20H25N3O4S. The minimum atomic E-state index is -3.72. The van der Waals surface area contributed by atoms with Crippen molar-refractivity contribution in [3.63, 3.8) is 0 Å². The SMILES string of the molecule is Cc1cc(N2CCN(C)CC2)ccc1NS(=O)(=O)c1ccc2c(c1)OCCO2. The van der Waals surface area contributed by atoms with Crippen molar-refractivity contribution in [2.45, 2.75) is 11.8 Å². The van der Waals surface area contributed by atoms with Crippen molar-refractivity contribution >= 4 is 21.4 Å². The van der Waals surface area contributed by atoms with Crippen LogP contribution in [-0.2, 0) is 10.0 Å². The van der Waals surface area contributed by atoms with E-state index >= 15 is 0 Å². The summed E-state index contributed by atoms with van der Waals surface area (Å²) in [6.45, 7) is 6.79. The molecule has 2 heterocycles. The van der Waals surface area contributed by atoms with Gasteiger partial charge in [-0.3, -0.25) is 4.72 Å². The Balaban J connectivity index is 1.53. The molecule has 7 nitrogen and oxygen atoms in total. The maximum absolute atomic E-state index is 12.8. The molecule has 0 spiro atoms. The van der Waals surface area contributed by atoms with Gasteiger partial charge in [-0.15, -0.1) is 0 Å². The fraction of sp³-hybridized carbons (Fsp3) is 0.400. The summed E-state index contributed by atoms with van der Waals surface area (Å²) in [5.74, 6) is 1.02. The van der Waals surface area contributed by atoms with Crippen molar-refractivity contribution in [3.05, 3.63) is 42.0 Å². The lowest BCUT2D eigenvalue weighted by Gasteiger charge is -2.34. The number of ether oxygens (including phenoxy) is 2. The van der Waals surface area contributed by atoms with Crippen molar-refractivity contribution in [3.8, 4) is 11.5 Å². The minimum Gasteiger partial charge on any atom is -0.486 e. The van der Waals surface area contributed by atoms with Crippen LogP contribution >= 0.6 is 0 Å². The fourth-order valence-electron chi connectivity index (χ4n) is 3.42. The summed E-state index contributed by atoms with van der Waals surface area (Å²) in [4.78, 5) is 4.78. The van der Waals surface area contributed by atoms with E-state index in [4.69, 9.17) is 9.47 Å². The van der Waals surface area contributed by atoms with Crippen LogP contribution in [0.15, 0.2) is 41.3 Å². The van der Waals surface area contributed by atoms with Crippen LogP contribution in [0.25, 0.3) is 0 Å². The van der Waals surface area contributed by atoms with Crippen molar-refractivity contribution in [2.24, 2.45) is 0 Å². The second-order valence-corrected chi connectivity index (χ2v) is 8.88. The Morgan fingerprint density at radius 2 is 1.64 bits per heavy atom. The summed E-state index contributed by atoms with van der Waals surface area (Å²) in [6.07, 6.45) is 0. The lowest BCUT2D eigenvalue weighted by atomic mass is 10.1. The third-order valence-electron chi connectivity index (χ3n) is 5.15. The highest BCUT2D eigenvalue weighted by atomic mass is 32.2. The van der Waals surface area contributed by atoms with E-state index in [-0.39, 0.29) is 4.90 Å². The summed E-state index contributed by atoms with van der Waals surface area (Å²) in [6, 6.07) is 10.5. The van der Waals surface area contributed by atoms with E-state index in [1.54, 1.807) is 6.07 Å². The summed E-state index contributed by atoms with van der Waals surface area (Å²) >= 11 is 0. The molecule has 1 saturated heterocycles. The smallest absolute Gasteiger partial charge is 0.262 e. The Morgan fingerprint density at radius 1 is 0.929 bits per heavy atom. The minimum absolute atomic E-state index is 0.152. The molecule has 2 aliphatic rings. The van der Waals surface area contributed by atoms with Crippen LogP contribution in [0.2, 0.25) is 0 Å². The first-order valence-corrected chi connectivity index (χ1v) is 10.9. The van der Waals surface area contributed by atoms with Gasteiger partial charge in [0.2, 0.25) is 0 Å². The standard InChI is InChI=1S/C20H25N3O4S/c1-15-13-16(23-9-7-22(2)8-10-23)3-5-18(15)21-28(24,25)17-4-6-19-20(14-17)27-12-11-26-19/h3-6,13-14,21H,7-12H2,1-2H3. The number of hydrogen-bond acceptors (Lipinski definition) is 6. The van der Waals surface area contributed by atoms with E-state index in [2.05, 4.69) is 21.6 Å². The molecule has 0 amide bonds. The van der Waals surface area contributed by atoms with Crippen molar-refractivity contribution < 1.29 is 17.9 Å². The van der Waals surface area contributed by atoms with E-state index in [0.29, 0.717) is 30.4 Å². The number of sulfonamides is 1. The zero-order valence-corrected chi connectivity index (χ0v) is 17.0. The average molecular weight is 404 g/mol. The van der Waals surface area contributed by atoms with E-state index in [1.165, 1.54) is 12.1 Å². The van der Waals surface area contributed by atoms with Crippen molar-refractivity contribution in [1.82, 2.24) is 4.90 Å². The summed E-state index contributed by atoms with van der Waals surface area (Å²) in [7, 11) is -1.60. The maximum atomic E-state index is 12.8. The van der Waals surface area contributed by atoms with E-state index in [0.717, 1.165) is 37.4 Å². The highest BCUT2D eigenvalue weighted by Crippen LogP contribution is 2.33. The van der Waals surface area contributed by atoms with Crippen LogP contribution in [-0.4, -0.2) is 59.8 Å². The van der Waals surface area contributed by atoms with E-state index in [1.807, 2.05) is 25.1 Å². The summed E-state index contributed by atoms with van der Waals surface area (Å²) < 4.78 is 39.3. The molecule has 2 aliphatic heterocycles. The molecule has 28 heavy (non-hydrogen) atoms. The highest BCUT2D eigenvalue weighted by Gasteiger charge is 2.21. The van der Waals surface area contributed by atoms with Gasteiger partial charge in [0.1, 0.15) is 13.2 Å². The molecule has 0 radical (unpaired) electrons. The topological polar surface area (TPSA) is 71.1 Å². The average Bonchev–Trinajstić information content (AvgIpc) is 2.69. The Morgan fingerprint density at radius 3 is 2.36 bits per heavy atom. The number of anilines is 2. The van der Waals surface area contributed by atoms with Gasteiger partial charge in [0.05, 0.1) is 10.6 Å². The normalized spacial score (nSPS) is 17.4. The van der Waals surface area contributed by atoms with Crippen LogP contribution in [0.4, 0.5) is 11.4 Å². The Bertz CT molecular complexity index is 969. The molecule has 1 N–H and O–H groups in total. The molecule has 2 aromatic carbocycles. The van der Waals surface area contributed by atoms with Gasteiger partial charge in [0.25, 0.3) is 10.0 Å². The third kappa shape index (κ3) is 3.88. The van der Waals surface area contributed by atoms with E-state index < -0.39 is 10.0 Å². The molecule has 0 atom stereocenters. The number of rotatable bonds is 4.